The van der Waals surface area contributed by atoms with Gasteiger partial charge in [0.15, 0.2) is 5.65 Å². The zero-order chi connectivity index (χ0) is 15.0. The van der Waals surface area contributed by atoms with Crippen molar-refractivity contribution in [3.05, 3.63) is 52.3 Å². The van der Waals surface area contributed by atoms with Gasteiger partial charge < -0.3 is 5.32 Å². The number of anilines is 1. The van der Waals surface area contributed by atoms with Crippen LogP contribution in [0.4, 0.5) is 5.69 Å². The Hall–Kier alpha value is -2.07. The Morgan fingerprint density at radius 2 is 2.05 bits per heavy atom. The van der Waals surface area contributed by atoms with E-state index in [1.807, 2.05) is 50.0 Å². The molecule has 1 aromatic carbocycles. The molecule has 108 valence electrons. The van der Waals surface area contributed by atoms with Crippen LogP contribution in [0.5, 0.6) is 0 Å². The van der Waals surface area contributed by atoms with Gasteiger partial charge in [-0.3, -0.25) is 4.68 Å². The second-order valence-corrected chi connectivity index (χ2v) is 5.67. The summed E-state index contributed by atoms with van der Waals surface area (Å²) < 4.78 is 1.81. The number of hydrogen-bond donors (Lipinski definition) is 1. The molecule has 1 N–H and O–H groups in total. The Morgan fingerprint density at radius 1 is 1.24 bits per heavy atom. The van der Waals surface area contributed by atoms with Crippen molar-refractivity contribution in [2.45, 2.75) is 20.4 Å². The first-order valence-corrected chi connectivity index (χ1v) is 7.20. The van der Waals surface area contributed by atoms with E-state index >= 15 is 0 Å². The molecule has 21 heavy (non-hydrogen) atoms. The second-order valence-electron chi connectivity index (χ2n) is 5.24. The van der Waals surface area contributed by atoms with Crippen molar-refractivity contribution < 1.29 is 0 Å². The standard InChI is InChI=1S/C16H17ClN4/c1-10-6-13(17)4-5-15(10)18-8-12-7-14-11(2)20-21(3)16(14)19-9-12/h4-7,9,18H,8H2,1-3H3. The van der Waals surface area contributed by atoms with Crippen molar-refractivity contribution in [3.63, 3.8) is 0 Å². The highest BCUT2D eigenvalue weighted by atomic mass is 35.5. The molecular weight excluding hydrogens is 284 g/mol. The molecule has 5 heteroatoms. The normalized spacial score (nSPS) is 11.0. The van der Waals surface area contributed by atoms with E-state index in [0.29, 0.717) is 0 Å². The maximum Gasteiger partial charge on any atom is 0.157 e. The molecule has 2 aromatic heterocycles. The molecule has 0 unspecified atom stereocenters. The predicted octanol–water partition coefficient (Wildman–Crippen LogP) is 3.85. The summed E-state index contributed by atoms with van der Waals surface area (Å²) in [5.41, 5.74) is 5.27. The molecule has 3 aromatic rings. The molecule has 0 fully saturated rings. The summed E-state index contributed by atoms with van der Waals surface area (Å²) in [6.45, 7) is 4.77. The number of halogens is 1. The Balaban J connectivity index is 1.83. The van der Waals surface area contributed by atoms with E-state index in [1.54, 1.807) is 0 Å². The van der Waals surface area contributed by atoms with Gasteiger partial charge in [0, 0.05) is 35.9 Å². The van der Waals surface area contributed by atoms with E-state index in [1.165, 1.54) is 0 Å². The molecule has 0 amide bonds. The number of fused-ring (bicyclic) bond motifs is 1. The van der Waals surface area contributed by atoms with Crippen LogP contribution in [0.3, 0.4) is 0 Å². The lowest BCUT2D eigenvalue weighted by Crippen LogP contribution is -2.02. The largest absolute Gasteiger partial charge is 0.381 e. The third-order valence-corrected chi connectivity index (χ3v) is 3.83. The van der Waals surface area contributed by atoms with Gasteiger partial charge in [0.05, 0.1) is 5.69 Å². The fraction of sp³-hybridized carbons (Fsp3) is 0.250. The predicted molar refractivity (Wildman–Crippen MR) is 86.8 cm³/mol. The minimum absolute atomic E-state index is 0.722. The Kier molecular flexibility index (Phi) is 3.55. The molecule has 0 spiro atoms. The van der Waals surface area contributed by atoms with Gasteiger partial charge in [0.2, 0.25) is 0 Å². The first kappa shape index (κ1) is 13.9. The van der Waals surface area contributed by atoms with Crippen molar-refractivity contribution in [3.8, 4) is 0 Å². The van der Waals surface area contributed by atoms with E-state index in [9.17, 15) is 0 Å². The number of nitrogens with zero attached hydrogens (tertiary/aromatic N) is 3. The van der Waals surface area contributed by atoms with Gasteiger partial charge in [-0.05, 0) is 49.2 Å². The van der Waals surface area contributed by atoms with Crippen LogP contribution in [0, 0.1) is 13.8 Å². The Bertz CT molecular complexity index is 807. The van der Waals surface area contributed by atoms with Crippen molar-refractivity contribution >= 4 is 28.3 Å². The van der Waals surface area contributed by atoms with Gasteiger partial charge in [-0.25, -0.2) is 4.98 Å². The van der Waals surface area contributed by atoms with Gasteiger partial charge in [-0.2, -0.15) is 5.10 Å². The minimum Gasteiger partial charge on any atom is -0.381 e. The highest BCUT2D eigenvalue weighted by molar-refractivity contribution is 6.30. The first-order chi connectivity index (χ1) is 10.0. The average Bonchev–Trinajstić information content (AvgIpc) is 2.73. The van der Waals surface area contributed by atoms with Crippen LogP contribution in [-0.4, -0.2) is 14.8 Å². The van der Waals surface area contributed by atoms with Crippen LogP contribution in [0.25, 0.3) is 11.0 Å². The molecule has 0 aliphatic rings. The number of aromatic nitrogens is 3. The third kappa shape index (κ3) is 2.72. The highest BCUT2D eigenvalue weighted by Gasteiger charge is 2.07. The monoisotopic (exact) mass is 300 g/mol. The smallest absolute Gasteiger partial charge is 0.157 e. The topological polar surface area (TPSA) is 42.7 Å². The number of nitrogens with one attached hydrogen (secondary N) is 1. The summed E-state index contributed by atoms with van der Waals surface area (Å²) in [5, 5.41) is 9.67. The molecular formula is C16H17ClN4. The summed E-state index contributed by atoms with van der Waals surface area (Å²) in [4.78, 5) is 4.49. The Morgan fingerprint density at radius 3 is 2.81 bits per heavy atom. The average molecular weight is 301 g/mol. The van der Waals surface area contributed by atoms with Gasteiger partial charge in [0.25, 0.3) is 0 Å². The van der Waals surface area contributed by atoms with Gasteiger partial charge in [0.1, 0.15) is 0 Å². The highest BCUT2D eigenvalue weighted by Crippen LogP contribution is 2.21. The Labute approximate surface area is 128 Å². The number of benzene rings is 1. The molecule has 0 aliphatic heterocycles. The van der Waals surface area contributed by atoms with Gasteiger partial charge >= 0.3 is 0 Å². The van der Waals surface area contributed by atoms with Crippen molar-refractivity contribution in [2.24, 2.45) is 7.05 Å². The van der Waals surface area contributed by atoms with E-state index in [-0.39, 0.29) is 0 Å². The molecule has 0 atom stereocenters. The van der Waals surface area contributed by atoms with Crippen LogP contribution >= 0.6 is 11.6 Å². The van der Waals surface area contributed by atoms with Crippen LogP contribution in [0.15, 0.2) is 30.5 Å². The lowest BCUT2D eigenvalue weighted by atomic mass is 10.1. The molecule has 3 rings (SSSR count). The summed E-state index contributed by atoms with van der Waals surface area (Å²) in [6, 6.07) is 7.99. The number of aryl methyl sites for hydroxylation is 3. The van der Waals surface area contributed by atoms with Gasteiger partial charge in [-0.1, -0.05) is 11.6 Å². The summed E-state index contributed by atoms with van der Waals surface area (Å²) in [6.07, 6.45) is 1.89. The van der Waals surface area contributed by atoms with E-state index in [2.05, 4.69) is 21.5 Å². The lowest BCUT2D eigenvalue weighted by Gasteiger charge is -2.10. The SMILES string of the molecule is Cc1cc(Cl)ccc1NCc1cnc2c(c1)c(C)nn2C. The fourth-order valence-corrected chi connectivity index (χ4v) is 2.70. The van der Waals surface area contributed by atoms with E-state index in [0.717, 1.165) is 45.1 Å². The molecule has 4 nitrogen and oxygen atoms in total. The second kappa shape index (κ2) is 5.37. The molecule has 0 radical (unpaired) electrons. The minimum atomic E-state index is 0.722. The van der Waals surface area contributed by atoms with Crippen LogP contribution < -0.4 is 5.32 Å². The summed E-state index contributed by atoms with van der Waals surface area (Å²) >= 11 is 5.97. The maximum atomic E-state index is 5.97. The molecule has 0 saturated heterocycles. The quantitative estimate of drug-likeness (QED) is 0.799. The van der Waals surface area contributed by atoms with E-state index in [4.69, 9.17) is 11.6 Å². The summed E-state index contributed by atoms with van der Waals surface area (Å²) in [7, 11) is 1.91. The maximum absolute atomic E-state index is 5.97. The van der Waals surface area contributed by atoms with Crippen molar-refractivity contribution in [1.29, 1.82) is 0 Å². The van der Waals surface area contributed by atoms with Crippen LogP contribution in [-0.2, 0) is 13.6 Å². The van der Waals surface area contributed by atoms with Crippen LogP contribution in [0.1, 0.15) is 16.8 Å². The van der Waals surface area contributed by atoms with Crippen LogP contribution in [0.2, 0.25) is 5.02 Å². The molecule has 0 aliphatic carbocycles. The zero-order valence-electron chi connectivity index (χ0n) is 12.3. The number of rotatable bonds is 3. The van der Waals surface area contributed by atoms with E-state index < -0.39 is 0 Å². The van der Waals surface area contributed by atoms with Crippen molar-refractivity contribution in [2.75, 3.05) is 5.32 Å². The molecule has 2 heterocycles. The zero-order valence-corrected chi connectivity index (χ0v) is 13.1. The fourth-order valence-electron chi connectivity index (χ4n) is 2.47. The molecule has 0 bridgehead atoms. The number of hydrogen-bond acceptors (Lipinski definition) is 3. The van der Waals surface area contributed by atoms with Gasteiger partial charge in [-0.15, -0.1) is 0 Å². The summed E-state index contributed by atoms with van der Waals surface area (Å²) in [5.74, 6) is 0. The third-order valence-electron chi connectivity index (χ3n) is 3.59. The number of pyridine rings is 1. The lowest BCUT2D eigenvalue weighted by molar-refractivity contribution is 0.773. The van der Waals surface area contributed by atoms with Crippen molar-refractivity contribution in [1.82, 2.24) is 14.8 Å². The first-order valence-electron chi connectivity index (χ1n) is 6.83. The molecule has 0 saturated carbocycles.